The van der Waals surface area contributed by atoms with Gasteiger partial charge in [0, 0.05) is 4.47 Å². The third-order valence-corrected chi connectivity index (χ3v) is 3.98. The molecular formula is C15H25BrMg. The number of hydrogen-bond donors (Lipinski definition) is 0. The van der Waals surface area contributed by atoms with Crippen molar-refractivity contribution < 1.29 is 0 Å². The molecule has 0 aliphatic heterocycles. The highest BCUT2D eigenvalue weighted by molar-refractivity contribution is 9.10. The van der Waals surface area contributed by atoms with Crippen LogP contribution in [0.1, 0.15) is 76.0 Å². The average molecular weight is 310 g/mol. The molecule has 0 saturated carbocycles. The van der Waals surface area contributed by atoms with Gasteiger partial charge >= 0.3 is 23.1 Å². The minimum Gasteiger partial charge on any atom is -0.0587 e. The second-order valence-corrected chi connectivity index (χ2v) is 6.27. The molecule has 94 valence electrons. The molecular weight excluding hydrogens is 284 g/mol. The molecule has 0 spiro atoms. The predicted molar refractivity (Wildman–Crippen MR) is 85.0 cm³/mol. The number of halogens is 1. The van der Waals surface area contributed by atoms with Crippen LogP contribution in [-0.2, 0) is 0 Å². The molecule has 0 heterocycles. The Kier molecular flexibility index (Phi) is 7.35. The van der Waals surface area contributed by atoms with Crippen LogP contribution in [0, 0.1) is 0 Å². The van der Waals surface area contributed by atoms with Crippen molar-refractivity contribution in [1.82, 2.24) is 0 Å². The van der Waals surface area contributed by atoms with E-state index in [2.05, 4.69) is 69.6 Å². The monoisotopic (exact) mass is 308 g/mol. The molecule has 2 heteroatoms. The summed E-state index contributed by atoms with van der Waals surface area (Å²) in [5.74, 6) is 1.75. The van der Waals surface area contributed by atoms with E-state index in [1.165, 1.54) is 21.2 Å². The molecule has 0 atom stereocenters. The minimum absolute atomic E-state index is 0. The highest BCUT2D eigenvalue weighted by atomic mass is 79.9. The van der Waals surface area contributed by atoms with E-state index in [0.29, 0.717) is 17.8 Å². The molecule has 0 nitrogen and oxygen atoms in total. The first-order chi connectivity index (χ1) is 7.34. The molecule has 0 fully saturated rings. The van der Waals surface area contributed by atoms with Gasteiger partial charge in [0.1, 0.15) is 0 Å². The predicted octanol–water partition coefficient (Wildman–Crippen LogP) is 4.90. The van der Waals surface area contributed by atoms with Gasteiger partial charge in [-0.3, -0.25) is 0 Å². The topological polar surface area (TPSA) is 0 Å². The summed E-state index contributed by atoms with van der Waals surface area (Å²) in [5.41, 5.74) is 4.33. The highest BCUT2D eigenvalue weighted by Gasteiger charge is 2.14. The van der Waals surface area contributed by atoms with Gasteiger partial charge in [0.2, 0.25) is 0 Å². The quantitative estimate of drug-likeness (QED) is 0.696. The van der Waals surface area contributed by atoms with Crippen LogP contribution in [0.2, 0.25) is 0 Å². The van der Waals surface area contributed by atoms with Gasteiger partial charge in [0.25, 0.3) is 0 Å². The number of hydrogen-bond acceptors (Lipinski definition) is 0. The zero-order valence-corrected chi connectivity index (χ0v) is 12.9. The molecule has 17 heavy (non-hydrogen) atoms. The van der Waals surface area contributed by atoms with E-state index in [9.17, 15) is 0 Å². The van der Waals surface area contributed by atoms with Crippen molar-refractivity contribution >= 4 is 39.0 Å². The van der Waals surface area contributed by atoms with Crippen LogP contribution in [0.25, 0.3) is 0 Å². The van der Waals surface area contributed by atoms with Gasteiger partial charge < -0.3 is 0 Å². The SMILES string of the molecule is CC(C)c1cc(C(C)C)c(Br)c(C(C)C)c1.[MgH2]. The van der Waals surface area contributed by atoms with Crippen molar-refractivity contribution in [2.75, 3.05) is 0 Å². The van der Waals surface area contributed by atoms with Crippen molar-refractivity contribution in [1.29, 1.82) is 0 Å². The maximum Gasteiger partial charge on any atom is 0.316 e. The molecule has 1 aromatic rings. The lowest BCUT2D eigenvalue weighted by Gasteiger charge is -2.19. The fourth-order valence-electron chi connectivity index (χ4n) is 1.87. The summed E-state index contributed by atoms with van der Waals surface area (Å²) in [7, 11) is 0. The van der Waals surface area contributed by atoms with Gasteiger partial charge in [-0.2, -0.15) is 0 Å². The van der Waals surface area contributed by atoms with Gasteiger partial charge in [-0.15, -0.1) is 0 Å². The van der Waals surface area contributed by atoms with E-state index in [1.54, 1.807) is 0 Å². The molecule has 1 aromatic carbocycles. The van der Waals surface area contributed by atoms with E-state index in [-0.39, 0.29) is 23.1 Å². The summed E-state index contributed by atoms with van der Waals surface area (Å²) in [6, 6.07) is 4.70. The molecule has 0 radical (unpaired) electrons. The molecule has 0 N–H and O–H groups in total. The van der Waals surface area contributed by atoms with Crippen molar-refractivity contribution in [3.8, 4) is 0 Å². The number of benzene rings is 1. The molecule has 0 aromatic heterocycles. The van der Waals surface area contributed by atoms with Gasteiger partial charge in [0.15, 0.2) is 0 Å². The van der Waals surface area contributed by atoms with Crippen molar-refractivity contribution in [3.05, 3.63) is 33.3 Å². The minimum atomic E-state index is 0. The van der Waals surface area contributed by atoms with Crippen LogP contribution in [0.15, 0.2) is 16.6 Å². The number of rotatable bonds is 3. The average Bonchev–Trinajstić information content (AvgIpc) is 2.16. The van der Waals surface area contributed by atoms with E-state index >= 15 is 0 Å². The Hall–Kier alpha value is 0.466. The van der Waals surface area contributed by atoms with Crippen molar-refractivity contribution in [3.63, 3.8) is 0 Å². The lowest BCUT2D eigenvalue weighted by molar-refractivity contribution is 0.796. The molecule has 0 bridgehead atoms. The van der Waals surface area contributed by atoms with Crippen LogP contribution in [-0.4, -0.2) is 23.1 Å². The third kappa shape index (κ3) is 4.25. The van der Waals surface area contributed by atoms with E-state index in [1.807, 2.05) is 0 Å². The second-order valence-electron chi connectivity index (χ2n) is 5.48. The Labute approximate surface area is 131 Å². The summed E-state index contributed by atoms with van der Waals surface area (Å²) in [4.78, 5) is 0. The Bertz CT molecular complexity index is 338. The third-order valence-electron chi connectivity index (χ3n) is 3.06. The van der Waals surface area contributed by atoms with Crippen LogP contribution in [0.5, 0.6) is 0 Å². The smallest absolute Gasteiger partial charge is 0.0587 e. The molecule has 0 unspecified atom stereocenters. The Morgan fingerprint density at radius 3 is 1.35 bits per heavy atom. The maximum atomic E-state index is 3.77. The standard InChI is InChI=1S/C15H23Br.Mg.2H/c1-9(2)12-7-13(10(3)4)15(16)14(8-12)11(5)6;;;/h7-11H,1-6H3;;;. The second kappa shape index (κ2) is 7.15. The molecule has 0 amide bonds. The largest absolute Gasteiger partial charge is 0.316 e. The lowest BCUT2D eigenvalue weighted by Crippen LogP contribution is -2.00. The van der Waals surface area contributed by atoms with Crippen LogP contribution in [0.4, 0.5) is 0 Å². The first-order valence-corrected chi connectivity index (χ1v) is 6.97. The van der Waals surface area contributed by atoms with Gasteiger partial charge in [-0.1, -0.05) is 69.6 Å². The Morgan fingerprint density at radius 2 is 1.12 bits per heavy atom. The van der Waals surface area contributed by atoms with Crippen LogP contribution < -0.4 is 0 Å². The summed E-state index contributed by atoms with van der Waals surface area (Å²) >= 11 is 3.77. The zero-order valence-electron chi connectivity index (χ0n) is 11.3. The van der Waals surface area contributed by atoms with Gasteiger partial charge in [-0.25, -0.2) is 0 Å². The summed E-state index contributed by atoms with van der Waals surface area (Å²) in [6.07, 6.45) is 0. The Morgan fingerprint density at radius 1 is 0.765 bits per heavy atom. The van der Waals surface area contributed by atoms with E-state index in [0.717, 1.165) is 0 Å². The zero-order chi connectivity index (χ0) is 12.5. The molecule has 0 saturated heterocycles. The maximum absolute atomic E-state index is 3.77. The van der Waals surface area contributed by atoms with Gasteiger partial charge in [0.05, 0.1) is 0 Å². The summed E-state index contributed by atoms with van der Waals surface area (Å²) in [5, 5.41) is 0. The summed E-state index contributed by atoms with van der Waals surface area (Å²) in [6.45, 7) is 13.6. The first-order valence-electron chi connectivity index (χ1n) is 6.17. The highest BCUT2D eigenvalue weighted by Crippen LogP contribution is 2.35. The molecule has 0 aliphatic carbocycles. The fourth-order valence-corrected chi connectivity index (χ4v) is 3.01. The van der Waals surface area contributed by atoms with Crippen molar-refractivity contribution in [2.45, 2.75) is 59.3 Å². The lowest BCUT2D eigenvalue weighted by atomic mass is 9.90. The van der Waals surface area contributed by atoms with E-state index < -0.39 is 0 Å². The summed E-state index contributed by atoms with van der Waals surface area (Å²) < 4.78 is 1.31. The first kappa shape index (κ1) is 17.5. The molecule has 0 aliphatic rings. The van der Waals surface area contributed by atoms with Gasteiger partial charge in [-0.05, 0) is 34.4 Å². The van der Waals surface area contributed by atoms with Crippen LogP contribution in [0.3, 0.4) is 0 Å². The van der Waals surface area contributed by atoms with Crippen molar-refractivity contribution in [2.24, 2.45) is 0 Å². The fraction of sp³-hybridized carbons (Fsp3) is 0.600. The van der Waals surface area contributed by atoms with Crippen LogP contribution >= 0.6 is 15.9 Å². The van der Waals surface area contributed by atoms with E-state index in [4.69, 9.17) is 0 Å². The molecule has 1 rings (SSSR count). The Balaban J connectivity index is 0.00000256. The normalized spacial score (nSPS) is 11.2.